The van der Waals surface area contributed by atoms with Crippen molar-refractivity contribution in [2.45, 2.75) is 135 Å². The third kappa shape index (κ3) is 15.3. The molecule has 7 aromatic rings. The molecule has 2 fully saturated rings. The predicted molar refractivity (Wildman–Crippen MR) is 345 cm³/mol. The molecule has 0 bridgehead atoms. The van der Waals surface area contributed by atoms with E-state index < -0.39 is 116 Å². The highest BCUT2D eigenvalue weighted by molar-refractivity contribution is 6.34. The first-order valence-corrected chi connectivity index (χ1v) is 31.1. The summed E-state index contributed by atoms with van der Waals surface area (Å²) in [4.78, 5) is 84.9. The lowest BCUT2D eigenvalue weighted by atomic mass is 9.77. The van der Waals surface area contributed by atoms with Crippen LogP contribution >= 0.6 is 11.6 Å². The molecule has 2 heterocycles. The molecule has 1 N–H and O–H groups in total. The smallest absolute Gasteiger partial charge is 0.338 e. The molecule has 25 heteroatoms. The summed E-state index contributed by atoms with van der Waals surface area (Å²) in [6.07, 6.45) is -15.6. The van der Waals surface area contributed by atoms with E-state index in [1.807, 2.05) is 91.0 Å². The molecule has 0 radical (unpaired) electrons. The average molecular weight is 1340 g/mol. The van der Waals surface area contributed by atoms with Gasteiger partial charge in [-0.15, -0.1) is 0 Å². The number of nitrogens with one attached hydrogen (secondary N) is 1. The number of nitrogens with zero attached hydrogens (tertiary/aromatic N) is 3. The number of ether oxygens (including phenoxy) is 14. The number of aryl methyl sites for hydroxylation is 1. The fourth-order valence-corrected chi connectivity index (χ4v) is 12.3. The standard InChI is InChI=1S/C71H71ClN4O20/c1-37-30-47-55(62(87-34-44-24-16-11-17-25-44)53(37)67(80)74-38(2)68(81)85-9)56-49(31-48-54(51(83-7)32-50(72)58(48)84-8)63(56)88-35-45-26-18-12-19-27-45)59(86-33-43-22-14-10-15-23-43)60(47)95-71-66(94-69(82)46-28-20-13-21-29-46)64(57(75-76-73)39(3)90-71)96-70-65(93-42(6)79)61(92-41(5)78)52(36-89-70)91-40(4)77/h10-32,38-39,52,57,59-61,64-66,70-71H,33-36H2,1-9H3,(H,74,80)/t38-,39-,52-,57+,59+,60+,61+,64+,65-,66-,70+,71+/m1/s1. The number of hydrogen-bond donors (Lipinski definition) is 1. The van der Waals surface area contributed by atoms with Crippen molar-refractivity contribution >= 4 is 58.1 Å². The van der Waals surface area contributed by atoms with Gasteiger partial charge in [-0.2, -0.15) is 0 Å². The summed E-state index contributed by atoms with van der Waals surface area (Å²) in [7, 11) is 4.15. The van der Waals surface area contributed by atoms with Crippen molar-refractivity contribution in [3.05, 3.63) is 199 Å². The third-order valence-corrected chi connectivity index (χ3v) is 16.6. The molecule has 12 atom stereocenters. The molecule has 7 aromatic carbocycles. The van der Waals surface area contributed by atoms with Crippen LogP contribution in [0.3, 0.4) is 0 Å². The summed E-state index contributed by atoms with van der Waals surface area (Å²) in [5, 5.41) is 7.87. The normalized spacial score (nSPS) is 22.1. The lowest BCUT2D eigenvalue weighted by Crippen LogP contribution is -2.64. The minimum absolute atomic E-state index is 0.00996. The summed E-state index contributed by atoms with van der Waals surface area (Å²) < 4.78 is 90.0. The zero-order valence-electron chi connectivity index (χ0n) is 53.9. The second-order valence-corrected chi connectivity index (χ2v) is 23.2. The van der Waals surface area contributed by atoms with Crippen molar-refractivity contribution in [2.75, 3.05) is 27.9 Å². The van der Waals surface area contributed by atoms with E-state index in [0.717, 1.165) is 31.9 Å². The minimum atomic E-state index is -1.81. The van der Waals surface area contributed by atoms with E-state index >= 15 is 4.79 Å². The Morgan fingerprint density at radius 3 is 1.77 bits per heavy atom. The molecule has 2 aliphatic heterocycles. The van der Waals surface area contributed by atoms with Crippen LogP contribution < -0.4 is 24.3 Å². The number of carbonyl (C=O) groups excluding carboxylic acids is 6. The van der Waals surface area contributed by atoms with Crippen LogP contribution in [-0.2, 0) is 86.4 Å². The quantitative estimate of drug-likeness (QED) is 0.0193. The van der Waals surface area contributed by atoms with Gasteiger partial charge in [-0.05, 0) is 77.9 Å². The van der Waals surface area contributed by atoms with Gasteiger partial charge in [-0.3, -0.25) is 19.2 Å². The molecule has 0 unspecified atom stereocenters. The summed E-state index contributed by atoms with van der Waals surface area (Å²) in [5.74, 6) is -4.27. The Labute approximate surface area is 557 Å². The SMILES string of the molecule is COC(=O)[C@@H](C)NC(=O)c1c(C)cc2c(c1OCc1ccccc1)-c1c(cc3c(OC)c(Cl)cc(OC)c3c1OCc1ccccc1)[C@H](OCc1ccccc1)[C@H]2O[C@@H]1O[C@H](C)[C@H](N=[N+]=[N-])[C@H](O[C@@H]2OC[C@@H](OC(C)=O)[C@H](OC(C)=O)[C@H]2OC(C)=O)[C@H]1OC(=O)c1ccccc1. The highest BCUT2D eigenvalue weighted by Gasteiger charge is 2.55. The number of methoxy groups -OCH3 is 3. The number of carbonyl (C=O) groups is 6. The van der Waals surface area contributed by atoms with Gasteiger partial charge in [0.1, 0.15) is 60.6 Å². The van der Waals surface area contributed by atoms with Crippen molar-refractivity contribution in [1.82, 2.24) is 5.32 Å². The molecule has 2 saturated heterocycles. The van der Waals surface area contributed by atoms with Gasteiger partial charge in [-0.1, -0.05) is 132 Å². The molecular weight excluding hydrogens is 1260 g/mol. The van der Waals surface area contributed by atoms with Gasteiger partial charge in [0.2, 0.25) is 0 Å². The van der Waals surface area contributed by atoms with Crippen molar-refractivity contribution < 1.29 is 95.1 Å². The first kappa shape index (κ1) is 69.1. The second-order valence-electron chi connectivity index (χ2n) is 22.8. The van der Waals surface area contributed by atoms with E-state index in [9.17, 15) is 29.5 Å². The van der Waals surface area contributed by atoms with Crippen molar-refractivity contribution in [3.8, 4) is 34.1 Å². The Morgan fingerprint density at radius 2 is 1.20 bits per heavy atom. The Balaban J connectivity index is 1.27. The van der Waals surface area contributed by atoms with E-state index in [1.54, 1.807) is 50.2 Å². The summed E-state index contributed by atoms with van der Waals surface area (Å²) >= 11 is 7.13. The number of hydrogen-bond acceptors (Lipinski definition) is 21. The lowest BCUT2D eigenvalue weighted by Gasteiger charge is -2.48. The van der Waals surface area contributed by atoms with Gasteiger partial charge in [-0.25, -0.2) is 9.59 Å². The zero-order chi connectivity index (χ0) is 68.3. The number of fused-ring (bicyclic) bond motifs is 4. The van der Waals surface area contributed by atoms with E-state index in [1.165, 1.54) is 40.4 Å². The lowest BCUT2D eigenvalue weighted by molar-refractivity contribution is -0.338. The molecule has 0 saturated carbocycles. The van der Waals surface area contributed by atoms with Crippen molar-refractivity contribution in [2.24, 2.45) is 5.11 Å². The molecule has 0 spiro atoms. The molecule has 1 amide bonds. The van der Waals surface area contributed by atoms with Crippen LogP contribution in [0.2, 0.25) is 5.02 Å². The summed E-state index contributed by atoms with van der Waals surface area (Å²) in [5.41, 5.74) is 14.0. The number of esters is 5. The maximum atomic E-state index is 15.3. The number of rotatable bonds is 24. The van der Waals surface area contributed by atoms with Crippen LogP contribution in [0.15, 0.2) is 145 Å². The van der Waals surface area contributed by atoms with Crippen LogP contribution in [0.25, 0.3) is 32.3 Å². The monoisotopic (exact) mass is 1330 g/mol. The van der Waals surface area contributed by atoms with Gasteiger partial charge in [0, 0.05) is 48.3 Å². The van der Waals surface area contributed by atoms with Crippen LogP contribution in [0, 0.1) is 6.92 Å². The molecule has 502 valence electrons. The Kier molecular flexibility index (Phi) is 22.4. The van der Waals surface area contributed by atoms with Crippen molar-refractivity contribution in [1.29, 1.82) is 0 Å². The number of amides is 1. The average Bonchev–Trinajstić information content (AvgIpc) is 0.705. The Bertz CT molecular complexity index is 4030. The minimum Gasteiger partial charge on any atom is -0.496 e. The van der Waals surface area contributed by atoms with E-state index in [4.69, 9.17) is 77.9 Å². The maximum Gasteiger partial charge on any atom is 0.338 e. The topological polar surface area (TPSA) is 292 Å². The zero-order valence-corrected chi connectivity index (χ0v) is 54.7. The Morgan fingerprint density at radius 1 is 0.646 bits per heavy atom. The predicted octanol–water partition coefficient (Wildman–Crippen LogP) is 11.5. The molecule has 10 rings (SSSR count). The van der Waals surface area contributed by atoms with E-state index in [0.29, 0.717) is 33.0 Å². The van der Waals surface area contributed by atoms with Gasteiger partial charge in [0.15, 0.2) is 37.0 Å². The fourth-order valence-electron chi connectivity index (χ4n) is 12.1. The molecule has 0 aromatic heterocycles. The molecule has 24 nitrogen and oxygen atoms in total. The van der Waals surface area contributed by atoms with Gasteiger partial charge in [0.25, 0.3) is 5.91 Å². The number of azide groups is 1. The largest absolute Gasteiger partial charge is 0.496 e. The summed E-state index contributed by atoms with van der Waals surface area (Å²) in [6, 6.07) is 38.3. The second kappa shape index (κ2) is 31.2. The maximum absolute atomic E-state index is 15.3. The molecule has 3 aliphatic rings. The van der Waals surface area contributed by atoms with Crippen molar-refractivity contribution in [3.63, 3.8) is 0 Å². The molecular formula is C71H71ClN4O20. The van der Waals surface area contributed by atoms with Crippen LogP contribution in [0.5, 0.6) is 23.0 Å². The summed E-state index contributed by atoms with van der Waals surface area (Å²) in [6.45, 7) is 7.30. The Hall–Kier alpha value is -9.78. The molecule has 96 heavy (non-hydrogen) atoms. The fraction of sp³-hybridized carbons (Fsp3) is 0.352. The van der Waals surface area contributed by atoms with E-state index in [-0.39, 0.29) is 70.1 Å². The van der Waals surface area contributed by atoms with Gasteiger partial charge >= 0.3 is 29.8 Å². The highest BCUT2D eigenvalue weighted by Crippen LogP contribution is 2.60. The number of halogens is 1. The highest BCUT2D eigenvalue weighted by atomic mass is 35.5. The van der Waals surface area contributed by atoms with Gasteiger partial charge in [0.05, 0.1) is 68.2 Å². The first-order valence-electron chi connectivity index (χ1n) is 30.7. The van der Waals surface area contributed by atoms with Crippen LogP contribution in [0.1, 0.15) is 101 Å². The first-order chi connectivity index (χ1) is 46.3. The number of benzene rings is 7. The van der Waals surface area contributed by atoms with Crippen LogP contribution in [-0.4, -0.2) is 125 Å². The van der Waals surface area contributed by atoms with Gasteiger partial charge < -0.3 is 71.6 Å². The van der Waals surface area contributed by atoms with Crippen LogP contribution in [0.4, 0.5) is 0 Å². The molecule has 1 aliphatic carbocycles. The van der Waals surface area contributed by atoms with E-state index in [2.05, 4.69) is 15.3 Å². The third-order valence-electron chi connectivity index (χ3n) is 16.3.